The fourth-order valence-corrected chi connectivity index (χ4v) is 4.14. The van der Waals surface area contributed by atoms with Crippen molar-refractivity contribution in [3.8, 4) is 0 Å². The molecular weight excluding hydrogens is 357 g/mol. The van der Waals surface area contributed by atoms with E-state index in [2.05, 4.69) is 19.9 Å². The van der Waals surface area contributed by atoms with E-state index >= 15 is 0 Å². The van der Waals surface area contributed by atoms with Gasteiger partial charge in [0.1, 0.15) is 17.0 Å². The van der Waals surface area contributed by atoms with E-state index in [0.29, 0.717) is 25.8 Å². The molecule has 146 valence electrons. The molecule has 0 radical (unpaired) electrons. The van der Waals surface area contributed by atoms with Gasteiger partial charge in [-0.3, -0.25) is 0 Å². The topological polar surface area (TPSA) is 84.6 Å². The van der Waals surface area contributed by atoms with Crippen LogP contribution in [0.15, 0.2) is 18.5 Å². The average Bonchev–Trinajstić information content (AvgIpc) is 3.23. The number of halogens is 3. The molecule has 0 unspecified atom stereocenters. The fourth-order valence-electron chi connectivity index (χ4n) is 4.14. The molecule has 4 N–H and O–H groups in total. The Balaban J connectivity index is 1.61. The molecule has 1 aliphatic carbocycles. The van der Waals surface area contributed by atoms with E-state index < -0.39 is 12.7 Å². The largest absolute Gasteiger partial charge is 0.401 e. The van der Waals surface area contributed by atoms with Crippen LogP contribution in [0, 0.1) is 0 Å². The van der Waals surface area contributed by atoms with Crippen molar-refractivity contribution in [1.29, 1.82) is 0 Å². The van der Waals surface area contributed by atoms with Crippen LogP contribution >= 0.6 is 0 Å². The summed E-state index contributed by atoms with van der Waals surface area (Å²) in [6.07, 6.45) is 3.16. The van der Waals surface area contributed by atoms with Gasteiger partial charge in [0.25, 0.3) is 0 Å². The molecule has 3 aromatic heterocycles. The molecule has 3 heterocycles. The number of nitrogens with one attached hydrogen (secondary N) is 2. The number of aromatic amines is 1. The molecule has 0 atom stereocenters. The van der Waals surface area contributed by atoms with Gasteiger partial charge in [-0.05, 0) is 38.3 Å². The third kappa shape index (κ3) is 3.66. The number of alkyl halides is 3. The number of pyridine rings is 1. The highest BCUT2D eigenvalue weighted by Gasteiger charge is 2.31. The van der Waals surface area contributed by atoms with Crippen molar-refractivity contribution in [2.75, 3.05) is 13.1 Å². The SMILES string of the molecule is NCCc1nc2cnc3[nH]ccc3c2n1C1CCC(NCC(F)(F)F)CC1. The van der Waals surface area contributed by atoms with Crippen molar-refractivity contribution in [1.82, 2.24) is 24.8 Å². The Morgan fingerprint density at radius 3 is 2.74 bits per heavy atom. The summed E-state index contributed by atoms with van der Waals surface area (Å²) < 4.78 is 39.6. The van der Waals surface area contributed by atoms with Gasteiger partial charge >= 0.3 is 6.18 Å². The first-order valence-corrected chi connectivity index (χ1v) is 9.29. The van der Waals surface area contributed by atoms with Crippen molar-refractivity contribution in [2.45, 2.75) is 50.4 Å². The van der Waals surface area contributed by atoms with Gasteiger partial charge in [0.2, 0.25) is 0 Å². The Morgan fingerprint density at radius 2 is 2.04 bits per heavy atom. The molecule has 0 amide bonds. The van der Waals surface area contributed by atoms with Gasteiger partial charge in [-0.2, -0.15) is 13.2 Å². The summed E-state index contributed by atoms with van der Waals surface area (Å²) in [5.74, 6) is 0.926. The number of nitrogens with zero attached hydrogens (tertiary/aromatic N) is 3. The molecule has 1 saturated carbocycles. The quantitative estimate of drug-likeness (QED) is 0.635. The summed E-state index contributed by atoms with van der Waals surface area (Å²) in [5, 5.41) is 3.66. The van der Waals surface area contributed by atoms with Crippen molar-refractivity contribution in [3.63, 3.8) is 0 Å². The van der Waals surface area contributed by atoms with Crippen LogP contribution in [0.1, 0.15) is 37.5 Å². The zero-order valence-electron chi connectivity index (χ0n) is 14.9. The van der Waals surface area contributed by atoms with Crippen LogP contribution in [0.2, 0.25) is 0 Å². The minimum atomic E-state index is -4.17. The summed E-state index contributed by atoms with van der Waals surface area (Å²) in [5.41, 5.74) is 8.47. The Morgan fingerprint density at radius 1 is 1.26 bits per heavy atom. The lowest BCUT2D eigenvalue weighted by molar-refractivity contribution is -0.126. The summed E-state index contributed by atoms with van der Waals surface area (Å²) in [7, 11) is 0. The Hall–Kier alpha value is -2.13. The second-order valence-electron chi connectivity index (χ2n) is 7.17. The second-order valence-corrected chi connectivity index (χ2v) is 7.17. The molecule has 1 aliphatic rings. The number of imidazole rings is 1. The van der Waals surface area contributed by atoms with Crippen molar-refractivity contribution < 1.29 is 13.2 Å². The lowest BCUT2D eigenvalue weighted by atomic mass is 9.90. The lowest BCUT2D eigenvalue weighted by Gasteiger charge is -2.31. The van der Waals surface area contributed by atoms with Crippen LogP contribution in [0.3, 0.4) is 0 Å². The number of rotatable bonds is 5. The highest BCUT2D eigenvalue weighted by atomic mass is 19.4. The smallest absolute Gasteiger partial charge is 0.346 e. The monoisotopic (exact) mass is 380 g/mol. The zero-order chi connectivity index (χ0) is 19.0. The molecular formula is C18H23F3N6. The Bertz CT molecular complexity index is 920. The molecule has 0 saturated heterocycles. The first kappa shape index (κ1) is 18.2. The summed E-state index contributed by atoms with van der Waals surface area (Å²) in [6, 6.07) is 2.11. The Labute approximate surface area is 154 Å². The molecule has 0 bridgehead atoms. The molecule has 4 rings (SSSR count). The predicted octanol–water partition coefficient (Wildman–Crippen LogP) is 3.05. The van der Waals surface area contributed by atoms with Crippen LogP contribution in [-0.2, 0) is 6.42 Å². The number of aromatic nitrogens is 4. The van der Waals surface area contributed by atoms with E-state index in [1.54, 1.807) is 6.20 Å². The van der Waals surface area contributed by atoms with Gasteiger partial charge in [-0.25, -0.2) is 9.97 Å². The van der Waals surface area contributed by atoms with Crippen LogP contribution < -0.4 is 11.1 Å². The van der Waals surface area contributed by atoms with Gasteiger partial charge in [0, 0.05) is 30.1 Å². The van der Waals surface area contributed by atoms with E-state index in [1.807, 2.05) is 12.3 Å². The maximum absolute atomic E-state index is 12.4. The second kappa shape index (κ2) is 7.12. The standard InChI is InChI=1S/C18H23F3N6/c19-18(20,21)10-25-11-1-3-12(4-2-11)27-15(5-7-22)26-14-9-24-17-13(16(14)27)6-8-23-17/h6,8-9,11-12,25H,1-5,7,10,22H2,(H,23,24). The van der Waals surface area contributed by atoms with Crippen LogP contribution in [-0.4, -0.2) is 44.8 Å². The van der Waals surface area contributed by atoms with Crippen LogP contribution in [0.4, 0.5) is 13.2 Å². The van der Waals surface area contributed by atoms with Gasteiger partial charge in [0.05, 0.1) is 18.3 Å². The molecule has 6 nitrogen and oxygen atoms in total. The molecule has 0 aromatic carbocycles. The van der Waals surface area contributed by atoms with Crippen molar-refractivity contribution >= 4 is 22.1 Å². The molecule has 0 aliphatic heterocycles. The molecule has 3 aromatic rings. The van der Waals surface area contributed by atoms with Crippen molar-refractivity contribution in [3.05, 3.63) is 24.3 Å². The minimum absolute atomic E-state index is 0.0930. The predicted molar refractivity (Wildman–Crippen MR) is 97.5 cm³/mol. The number of hydrogen-bond donors (Lipinski definition) is 3. The first-order chi connectivity index (χ1) is 13.0. The summed E-state index contributed by atoms with van der Waals surface area (Å²) in [6.45, 7) is -0.431. The minimum Gasteiger partial charge on any atom is -0.346 e. The van der Waals surface area contributed by atoms with Gasteiger partial charge in [-0.15, -0.1) is 0 Å². The highest BCUT2D eigenvalue weighted by Crippen LogP contribution is 2.35. The van der Waals surface area contributed by atoms with Crippen LogP contribution in [0.5, 0.6) is 0 Å². The summed E-state index contributed by atoms with van der Waals surface area (Å²) in [4.78, 5) is 12.3. The Kier molecular flexibility index (Phi) is 4.81. The van der Waals surface area contributed by atoms with Gasteiger partial charge < -0.3 is 20.6 Å². The van der Waals surface area contributed by atoms with Crippen molar-refractivity contribution in [2.24, 2.45) is 5.73 Å². The summed E-state index contributed by atoms with van der Waals surface area (Å²) >= 11 is 0. The third-order valence-corrected chi connectivity index (χ3v) is 5.33. The van der Waals surface area contributed by atoms with E-state index in [0.717, 1.165) is 40.7 Å². The van der Waals surface area contributed by atoms with Gasteiger partial charge in [-0.1, -0.05) is 0 Å². The van der Waals surface area contributed by atoms with Crippen LogP contribution in [0.25, 0.3) is 22.1 Å². The van der Waals surface area contributed by atoms with E-state index in [9.17, 15) is 13.2 Å². The molecule has 0 spiro atoms. The molecule has 1 fully saturated rings. The van der Waals surface area contributed by atoms with Gasteiger partial charge in [0.15, 0.2) is 0 Å². The number of hydrogen-bond acceptors (Lipinski definition) is 4. The highest BCUT2D eigenvalue weighted by molar-refractivity contribution is 6.01. The zero-order valence-corrected chi connectivity index (χ0v) is 14.9. The fraction of sp³-hybridized carbons (Fsp3) is 0.556. The maximum atomic E-state index is 12.4. The number of nitrogens with two attached hydrogens (primary N) is 1. The molecule has 27 heavy (non-hydrogen) atoms. The average molecular weight is 380 g/mol. The van der Waals surface area contributed by atoms with E-state index in [1.165, 1.54) is 0 Å². The molecule has 9 heteroatoms. The van der Waals surface area contributed by atoms with E-state index in [4.69, 9.17) is 10.7 Å². The number of fused-ring (bicyclic) bond motifs is 3. The number of H-pyrrole nitrogens is 1. The first-order valence-electron chi connectivity index (χ1n) is 9.29. The maximum Gasteiger partial charge on any atom is 0.401 e. The van der Waals surface area contributed by atoms with E-state index in [-0.39, 0.29) is 12.1 Å². The third-order valence-electron chi connectivity index (χ3n) is 5.33. The lowest BCUT2D eigenvalue weighted by Crippen LogP contribution is -2.39. The normalized spacial score (nSPS) is 21.3.